The van der Waals surface area contributed by atoms with Gasteiger partial charge in [0.2, 0.25) is 0 Å². The SMILES string of the molecule is CC1CCCC2C1CCC(C)(C)C2CC(C1=CCOC1=O)C1CCC1.CCCCNC. The number of rotatable bonds is 7. The second-order valence-corrected chi connectivity index (χ2v) is 11.6. The molecular formula is C28H49NO2. The van der Waals surface area contributed by atoms with Crippen molar-refractivity contribution in [1.29, 1.82) is 0 Å². The van der Waals surface area contributed by atoms with E-state index in [-0.39, 0.29) is 5.97 Å². The molecule has 0 bridgehead atoms. The average Bonchev–Trinajstić information content (AvgIpc) is 3.12. The standard InChI is InChI=1S/C23H36O2.C5H13N/c1-15-6-4-9-18-17(15)10-12-23(2,3)21(18)14-20(16-7-5-8-16)19-11-13-25-22(19)24;1-3-4-5-6-2/h11,15-18,20-21H,4-10,12-14H2,1-3H3;6H,3-5H2,1-2H3. The molecule has 3 nitrogen and oxygen atoms in total. The highest BCUT2D eigenvalue weighted by Crippen LogP contribution is 2.57. The third-order valence-corrected chi connectivity index (χ3v) is 9.28. The Morgan fingerprint density at radius 2 is 1.87 bits per heavy atom. The van der Waals surface area contributed by atoms with Gasteiger partial charge in [0.05, 0.1) is 0 Å². The molecule has 0 spiro atoms. The van der Waals surface area contributed by atoms with E-state index in [1.54, 1.807) is 0 Å². The van der Waals surface area contributed by atoms with Gasteiger partial charge in [-0.15, -0.1) is 0 Å². The molecule has 31 heavy (non-hydrogen) atoms. The molecule has 0 amide bonds. The molecule has 3 aliphatic carbocycles. The molecule has 0 aromatic heterocycles. The van der Waals surface area contributed by atoms with Gasteiger partial charge < -0.3 is 10.1 Å². The lowest BCUT2D eigenvalue weighted by molar-refractivity contribution is -0.137. The number of cyclic esters (lactones) is 1. The second kappa shape index (κ2) is 11.3. The van der Waals surface area contributed by atoms with E-state index in [1.165, 1.54) is 70.6 Å². The van der Waals surface area contributed by atoms with Crippen molar-refractivity contribution in [1.82, 2.24) is 5.32 Å². The van der Waals surface area contributed by atoms with Crippen LogP contribution in [-0.2, 0) is 9.53 Å². The average molecular weight is 432 g/mol. The van der Waals surface area contributed by atoms with Gasteiger partial charge in [-0.2, -0.15) is 0 Å². The van der Waals surface area contributed by atoms with Crippen LogP contribution < -0.4 is 5.32 Å². The first-order valence-electron chi connectivity index (χ1n) is 13.4. The van der Waals surface area contributed by atoms with Gasteiger partial charge >= 0.3 is 5.97 Å². The number of carbonyl (C=O) groups is 1. The van der Waals surface area contributed by atoms with Gasteiger partial charge in [0.1, 0.15) is 6.61 Å². The fourth-order valence-electron chi connectivity index (χ4n) is 7.04. The van der Waals surface area contributed by atoms with Crippen LogP contribution in [-0.4, -0.2) is 26.2 Å². The fraction of sp³-hybridized carbons (Fsp3) is 0.893. The largest absolute Gasteiger partial charge is 0.458 e. The van der Waals surface area contributed by atoms with E-state index in [2.05, 4.69) is 39.1 Å². The first-order chi connectivity index (χ1) is 14.9. The van der Waals surface area contributed by atoms with E-state index in [0.29, 0.717) is 17.9 Å². The topological polar surface area (TPSA) is 38.3 Å². The number of nitrogens with one attached hydrogen (secondary N) is 1. The molecule has 4 rings (SSSR count). The first-order valence-corrected chi connectivity index (χ1v) is 13.4. The summed E-state index contributed by atoms with van der Waals surface area (Å²) < 4.78 is 5.30. The summed E-state index contributed by atoms with van der Waals surface area (Å²) in [5.74, 6) is 4.66. The summed E-state index contributed by atoms with van der Waals surface area (Å²) in [4.78, 5) is 12.3. The lowest BCUT2D eigenvalue weighted by Crippen LogP contribution is -2.45. The maximum Gasteiger partial charge on any atom is 0.334 e. The third-order valence-electron chi connectivity index (χ3n) is 9.28. The van der Waals surface area contributed by atoms with Crippen molar-refractivity contribution in [3.8, 4) is 0 Å². The van der Waals surface area contributed by atoms with E-state index in [1.807, 2.05) is 7.05 Å². The molecule has 3 heteroatoms. The van der Waals surface area contributed by atoms with Crippen molar-refractivity contribution in [3.63, 3.8) is 0 Å². The molecule has 0 saturated heterocycles. The highest BCUT2D eigenvalue weighted by molar-refractivity contribution is 5.91. The van der Waals surface area contributed by atoms with Gasteiger partial charge in [-0.25, -0.2) is 4.79 Å². The third kappa shape index (κ3) is 5.95. The molecule has 1 N–H and O–H groups in total. The van der Waals surface area contributed by atoms with Crippen molar-refractivity contribution in [2.45, 2.75) is 98.3 Å². The Hall–Kier alpha value is -0.830. The monoisotopic (exact) mass is 431 g/mol. The zero-order chi connectivity index (χ0) is 22.4. The molecule has 178 valence electrons. The number of unbranched alkanes of at least 4 members (excludes halogenated alkanes) is 1. The molecule has 0 radical (unpaired) electrons. The summed E-state index contributed by atoms with van der Waals surface area (Å²) in [6.45, 7) is 11.4. The molecule has 1 heterocycles. The first kappa shape index (κ1) is 24.8. The predicted octanol–water partition coefficient (Wildman–Crippen LogP) is 6.77. The Balaban J connectivity index is 0.000000401. The normalized spacial score (nSPS) is 33.3. The Morgan fingerprint density at radius 1 is 1.13 bits per heavy atom. The maximum absolute atomic E-state index is 12.3. The summed E-state index contributed by atoms with van der Waals surface area (Å²) in [6, 6.07) is 0. The van der Waals surface area contributed by atoms with Gasteiger partial charge in [0, 0.05) is 5.57 Å². The van der Waals surface area contributed by atoms with Crippen molar-refractivity contribution >= 4 is 5.97 Å². The van der Waals surface area contributed by atoms with Gasteiger partial charge in [-0.3, -0.25) is 0 Å². The number of hydrogen-bond donors (Lipinski definition) is 1. The van der Waals surface area contributed by atoms with Crippen LogP contribution in [0.5, 0.6) is 0 Å². The minimum Gasteiger partial charge on any atom is -0.458 e. The molecule has 0 aromatic rings. The molecular weight excluding hydrogens is 382 g/mol. The summed E-state index contributed by atoms with van der Waals surface area (Å²) in [5.41, 5.74) is 1.45. The van der Waals surface area contributed by atoms with Crippen molar-refractivity contribution in [2.75, 3.05) is 20.2 Å². The van der Waals surface area contributed by atoms with Crippen molar-refractivity contribution < 1.29 is 9.53 Å². The van der Waals surface area contributed by atoms with E-state index < -0.39 is 0 Å². The Morgan fingerprint density at radius 3 is 2.42 bits per heavy atom. The van der Waals surface area contributed by atoms with Crippen molar-refractivity contribution in [2.24, 2.45) is 40.9 Å². The number of hydrogen-bond acceptors (Lipinski definition) is 3. The highest BCUT2D eigenvalue weighted by atomic mass is 16.5. The molecule has 3 fully saturated rings. The van der Waals surface area contributed by atoms with E-state index in [9.17, 15) is 4.79 Å². The van der Waals surface area contributed by atoms with Crippen LogP contribution in [0.15, 0.2) is 11.6 Å². The minimum absolute atomic E-state index is 0.0147. The number of esters is 1. The Bertz CT molecular complexity index is 602. The zero-order valence-corrected chi connectivity index (χ0v) is 21.1. The summed E-state index contributed by atoms with van der Waals surface area (Å²) in [6.07, 6.45) is 16.9. The van der Waals surface area contributed by atoms with E-state index in [0.717, 1.165) is 41.7 Å². The summed E-state index contributed by atoms with van der Waals surface area (Å²) in [7, 11) is 1.98. The lowest BCUT2D eigenvalue weighted by atomic mass is 9.51. The number of carbonyl (C=O) groups excluding carboxylic acids is 1. The number of ether oxygens (including phenoxy) is 1. The number of fused-ring (bicyclic) bond motifs is 1. The smallest absolute Gasteiger partial charge is 0.334 e. The molecule has 4 aliphatic rings. The fourth-order valence-corrected chi connectivity index (χ4v) is 7.04. The quantitative estimate of drug-likeness (QED) is 0.357. The zero-order valence-electron chi connectivity index (χ0n) is 21.1. The summed E-state index contributed by atoms with van der Waals surface area (Å²) in [5, 5.41) is 3.07. The molecule has 5 unspecified atom stereocenters. The van der Waals surface area contributed by atoms with Crippen molar-refractivity contribution in [3.05, 3.63) is 11.6 Å². The second-order valence-electron chi connectivity index (χ2n) is 11.6. The van der Waals surface area contributed by atoms with E-state index in [4.69, 9.17) is 4.74 Å². The van der Waals surface area contributed by atoms with Crippen LogP contribution in [0, 0.1) is 40.9 Å². The Kier molecular flexibility index (Phi) is 9.08. The lowest BCUT2D eigenvalue weighted by Gasteiger charge is -2.54. The van der Waals surface area contributed by atoms with Crippen LogP contribution in [0.25, 0.3) is 0 Å². The summed E-state index contributed by atoms with van der Waals surface area (Å²) >= 11 is 0. The van der Waals surface area contributed by atoms with Crippen LogP contribution >= 0.6 is 0 Å². The van der Waals surface area contributed by atoms with Crippen LogP contribution in [0.3, 0.4) is 0 Å². The molecule has 5 atom stereocenters. The predicted molar refractivity (Wildman–Crippen MR) is 130 cm³/mol. The maximum atomic E-state index is 12.3. The Labute approximate surface area is 192 Å². The molecule has 3 saturated carbocycles. The van der Waals surface area contributed by atoms with E-state index >= 15 is 0 Å². The minimum atomic E-state index is -0.0147. The highest BCUT2D eigenvalue weighted by Gasteiger charge is 2.48. The molecule has 0 aromatic carbocycles. The van der Waals surface area contributed by atoms with Gasteiger partial charge in [0.15, 0.2) is 0 Å². The van der Waals surface area contributed by atoms with Gasteiger partial charge in [-0.1, -0.05) is 53.4 Å². The molecule has 1 aliphatic heterocycles. The van der Waals surface area contributed by atoms with Crippen LogP contribution in [0.4, 0.5) is 0 Å². The van der Waals surface area contributed by atoms with Crippen LogP contribution in [0.1, 0.15) is 98.3 Å². The van der Waals surface area contributed by atoms with Gasteiger partial charge in [-0.05, 0) is 106 Å². The van der Waals surface area contributed by atoms with Crippen LogP contribution in [0.2, 0.25) is 0 Å². The van der Waals surface area contributed by atoms with Gasteiger partial charge in [0.25, 0.3) is 0 Å².